The summed E-state index contributed by atoms with van der Waals surface area (Å²) in [5.74, 6) is 1.37. The van der Waals surface area contributed by atoms with Crippen LogP contribution in [0, 0.1) is 12.8 Å². The van der Waals surface area contributed by atoms with Crippen LogP contribution in [0.5, 0.6) is 0 Å². The van der Waals surface area contributed by atoms with Crippen molar-refractivity contribution in [1.29, 1.82) is 0 Å². The second kappa shape index (κ2) is 8.84. The number of likely N-dealkylation sites (tertiary alicyclic amines) is 1. The molecule has 156 valence electrons. The fourth-order valence-electron chi connectivity index (χ4n) is 4.47. The molecule has 4 rings (SSSR count). The number of amides is 1. The number of nitrogens with one attached hydrogen (secondary N) is 2. The van der Waals surface area contributed by atoms with E-state index >= 15 is 0 Å². The summed E-state index contributed by atoms with van der Waals surface area (Å²) in [7, 11) is 1.78. The van der Waals surface area contributed by atoms with Gasteiger partial charge in [-0.25, -0.2) is 4.98 Å². The average Bonchev–Trinajstić information content (AvgIpc) is 3.37. The highest BCUT2D eigenvalue weighted by Gasteiger charge is 2.31. The first-order valence-electron chi connectivity index (χ1n) is 10.8. The molecule has 2 fully saturated rings. The molecule has 1 aliphatic heterocycles. The lowest BCUT2D eigenvalue weighted by Crippen LogP contribution is -2.45. The Morgan fingerprint density at radius 2 is 2.10 bits per heavy atom. The maximum Gasteiger partial charge on any atom is 0.225 e. The van der Waals surface area contributed by atoms with E-state index in [9.17, 15) is 4.79 Å². The molecular weight excluding hydrogens is 364 g/mol. The Hall–Kier alpha value is -2.57. The predicted molar refractivity (Wildman–Crippen MR) is 115 cm³/mol. The molecule has 0 spiro atoms. The van der Waals surface area contributed by atoms with Crippen LogP contribution in [0.15, 0.2) is 29.5 Å². The molecule has 2 aromatic rings. The van der Waals surface area contributed by atoms with Crippen LogP contribution in [0.25, 0.3) is 5.65 Å². The lowest BCUT2D eigenvalue weighted by Gasteiger charge is -2.26. The van der Waals surface area contributed by atoms with Gasteiger partial charge in [-0.15, -0.1) is 0 Å². The van der Waals surface area contributed by atoms with E-state index in [-0.39, 0.29) is 12.0 Å². The second-order valence-electron chi connectivity index (χ2n) is 8.38. The Bertz CT molecular complexity index is 883. The van der Waals surface area contributed by atoms with E-state index in [1.807, 2.05) is 21.7 Å². The van der Waals surface area contributed by atoms with Crippen LogP contribution in [0.3, 0.4) is 0 Å². The summed E-state index contributed by atoms with van der Waals surface area (Å²) in [6.45, 7) is 4.29. The number of nitrogens with zero attached hydrogens (tertiary/aromatic N) is 4. The number of hydrogen-bond acceptors (Lipinski definition) is 3. The largest absolute Gasteiger partial charge is 0.352 e. The third-order valence-electron chi connectivity index (χ3n) is 6.12. The van der Waals surface area contributed by atoms with Crippen molar-refractivity contribution >= 4 is 17.5 Å². The van der Waals surface area contributed by atoms with Crippen LogP contribution in [0.4, 0.5) is 0 Å². The predicted octanol–water partition coefficient (Wildman–Crippen LogP) is 2.49. The van der Waals surface area contributed by atoms with E-state index < -0.39 is 0 Å². The van der Waals surface area contributed by atoms with Gasteiger partial charge < -0.3 is 19.9 Å². The lowest BCUT2D eigenvalue weighted by atomic mass is 9.88. The Morgan fingerprint density at radius 3 is 2.90 bits per heavy atom. The molecule has 1 amide bonds. The Kier molecular flexibility index (Phi) is 6.02. The third-order valence-corrected chi connectivity index (χ3v) is 6.12. The minimum absolute atomic E-state index is 0.248. The van der Waals surface area contributed by atoms with Crippen LogP contribution >= 0.6 is 0 Å². The van der Waals surface area contributed by atoms with Crippen molar-refractivity contribution in [2.24, 2.45) is 10.9 Å². The highest BCUT2D eigenvalue weighted by atomic mass is 16.2. The standard InChI is InChI=1S/C22H32N6O/c1-16-8-10-27-15-19(25-20(27)12-16)13-24-22(23-2)26-18-9-11-28(14-18)21(29)17-6-4-3-5-7-17/h8,10,12,15,17-18H,3-7,9,11,13-14H2,1-2H3,(H2,23,24,26). The first-order valence-corrected chi connectivity index (χ1v) is 10.8. The van der Waals surface area contributed by atoms with Crippen molar-refractivity contribution in [3.8, 4) is 0 Å². The van der Waals surface area contributed by atoms with Crippen molar-refractivity contribution in [3.63, 3.8) is 0 Å². The number of aryl methyl sites for hydroxylation is 1. The molecule has 1 aliphatic carbocycles. The van der Waals surface area contributed by atoms with Crippen LogP contribution in [-0.2, 0) is 11.3 Å². The number of fused-ring (bicyclic) bond motifs is 1. The van der Waals surface area contributed by atoms with E-state index in [2.05, 4.69) is 39.7 Å². The highest BCUT2D eigenvalue weighted by molar-refractivity contribution is 5.81. The van der Waals surface area contributed by atoms with E-state index in [1.165, 1.54) is 24.8 Å². The molecule has 1 saturated heterocycles. The molecule has 7 heteroatoms. The number of hydrogen-bond donors (Lipinski definition) is 2. The van der Waals surface area contributed by atoms with Crippen molar-refractivity contribution in [1.82, 2.24) is 24.9 Å². The molecule has 1 unspecified atom stereocenters. The molecule has 1 saturated carbocycles. The van der Waals surface area contributed by atoms with E-state index in [0.29, 0.717) is 12.5 Å². The summed E-state index contributed by atoms with van der Waals surface area (Å²) in [6, 6.07) is 4.40. The molecule has 0 radical (unpaired) electrons. The molecular formula is C22H32N6O. The van der Waals surface area contributed by atoms with Crippen molar-refractivity contribution < 1.29 is 4.79 Å². The van der Waals surface area contributed by atoms with E-state index in [4.69, 9.17) is 0 Å². The quantitative estimate of drug-likeness (QED) is 0.615. The molecule has 29 heavy (non-hydrogen) atoms. The minimum Gasteiger partial charge on any atom is -0.352 e. The number of aliphatic imine (C=N–C) groups is 1. The van der Waals surface area contributed by atoms with Crippen LogP contribution in [0.2, 0.25) is 0 Å². The zero-order chi connectivity index (χ0) is 20.2. The second-order valence-corrected chi connectivity index (χ2v) is 8.38. The topological polar surface area (TPSA) is 74.0 Å². The molecule has 0 aromatic carbocycles. The number of rotatable bonds is 4. The molecule has 0 bridgehead atoms. The summed E-state index contributed by atoms with van der Waals surface area (Å²) < 4.78 is 2.03. The van der Waals surface area contributed by atoms with Crippen molar-refractivity contribution in [3.05, 3.63) is 35.8 Å². The number of carbonyl (C=O) groups excluding carboxylic acids is 1. The maximum absolute atomic E-state index is 12.8. The molecule has 2 aliphatic rings. The molecule has 7 nitrogen and oxygen atoms in total. The Labute approximate surface area is 172 Å². The highest BCUT2D eigenvalue weighted by Crippen LogP contribution is 2.26. The minimum atomic E-state index is 0.248. The average molecular weight is 397 g/mol. The van der Waals surface area contributed by atoms with Gasteiger partial charge in [0.15, 0.2) is 5.96 Å². The van der Waals surface area contributed by atoms with E-state index in [0.717, 1.165) is 49.7 Å². The summed E-state index contributed by atoms with van der Waals surface area (Å²) in [5, 5.41) is 6.83. The molecule has 2 aromatic heterocycles. The number of guanidine groups is 1. The van der Waals surface area contributed by atoms with Gasteiger partial charge in [0.2, 0.25) is 5.91 Å². The van der Waals surface area contributed by atoms with Crippen LogP contribution < -0.4 is 10.6 Å². The fraction of sp³-hybridized carbons (Fsp3) is 0.591. The van der Waals surface area contributed by atoms with Gasteiger partial charge in [0.05, 0.1) is 12.2 Å². The smallest absolute Gasteiger partial charge is 0.225 e. The number of pyridine rings is 1. The van der Waals surface area contributed by atoms with E-state index in [1.54, 1.807) is 7.05 Å². The van der Waals surface area contributed by atoms with Gasteiger partial charge in [-0.1, -0.05) is 19.3 Å². The summed E-state index contributed by atoms with van der Waals surface area (Å²) >= 11 is 0. The number of carbonyl (C=O) groups is 1. The Balaban J connectivity index is 1.28. The van der Waals surface area contributed by atoms with Gasteiger partial charge >= 0.3 is 0 Å². The maximum atomic E-state index is 12.8. The normalized spacial score (nSPS) is 21.0. The Morgan fingerprint density at radius 1 is 1.28 bits per heavy atom. The van der Waals surface area contributed by atoms with Gasteiger partial charge in [-0.05, 0) is 43.9 Å². The summed E-state index contributed by atoms with van der Waals surface area (Å²) in [5.41, 5.74) is 3.13. The summed E-state index contributed by atoms with van der Waals surface area (Å²) in [6.07, 6.45) is 10.8. The molecule has 1 atom stereocenters. The van der Waals surface area contributed by atoms with Gasteiger partial charge in [-0.3, -0.25) is 9.79 Å². The zero-order valence-electron chi connectivity index (χ0n) is 17.5. The fourth-order valence-corrected chi connectivity index (χ4v) is 4.47. The third kappa shape index (κ3) is 4.71. The summed E-state index contributed by atoms with van der Waals surface area (Å²) in [4.78, 5) is 23.8. The lowest BCUT2D eigenvalue weighted by molar-refractivity contribution is -0.135. The van der Waals surface area contributed by atoms with Crippen LogP contribution in [0.1, 0.15) is 49.8 Å². The zero-order valence-corrected chi connectivity index (χ0v) is 17.5. The SMILES string of the molecule is CN=C(NCc1cn2ccc(C)cc2n1)NC1CCN(C(=O)C2CCCCC2)C1. The first kappa shape index (κ1) is 19.7. The monoisotopic (exact) mass is 396 g/mol. The van der Waals surface area contributed by atoms with Gasteiger partial charge in [0.1, 0.15) is 5.65 Å². The molecule has 3 heterocycles. The van der Waals surface area contributed by atoms with Crippen molar-refractivity contribution in [2.75, 3.05) is 20.1 Å². The van der Waals surface area contributed by atoms with Crippen molar-refractivity contribution in [2.45, 2.75) is 58.0 Å². The van der Waals surface area contributed by atoms with Crippen LogP contribution in [-0.4, -0.2) is 52.3 Å². The first-order chi connectivity index (χ1) is 14.1. The van der Waals surface area contributed by atoms with Gasteiger partial charge in [0, 0.05) is 44.5 Å². The molecule has 2 N–H and O–H groups in total. The number of imidazole rings is 1. The van der Waals surface area contributed by atoms with Gasteiger partial charge in [0.25, 0.3) is 0 Å². The van der Waals surface area contributed by atoms with Gasteiger partial charge in [-0.2, -0.15) is 0 Å². The number of aromatic nitrogens is 2.